The highest BCUT2D eigenvalue weighted by Crippen LogP contribution is 2.34. The molecule has 0 radical (unpaired) electrons. The first-order valence-corrected chi connectivity index (χ1v) is 12.8. The summed E-state index contributed by atoms with van der Waals surface area (Å²) in [4.78, 5) is 14.7. The number of rotatable bonds is 12. The molecule has 3 rings (SSSR count). The van der Waals surface area contributed by atoms with Gasteiger partial charge in [0.15, 0.2) is 0 Å². The minimum Gasteiger partial charge on any atom is -0.493 e. The molecule has 0 unspecified atom stereocenters. The molecule has 2 amide bonds. The minimum absolute atomic E-state index is 0.276. The van der Waals surface area contributed by atoms with Gasteiger partial charge < -0.3 is 19.7 Å². The Hall–Kier alpha value is -3.22. The van der Waals surface area contributed by atoms with Crippen molar-refractivity contribution < 1.29 is 14.3 Å². The SMILES string of the molecule is CCCCOc1cc(OCCCC)c(C(C)C)cc1/C=N/NC(=O)Nc1ccc2c(c1)CCN2C. The third-order valence-corrected chi connectivity index (χ3v) is 6.11. The predicted molar refractivity (Wildman–Crippen MR) is 145 cm³/mol. The fourth-order valence-corrected chi connectivity index (χ4v) is 4.01. The van der Waals surface area contributed by atoms with Crippen LogP contribution in [-0.2, 0) is 6.42 Å². The number of unbranched alkanes of at least 4 members (excludes halogenated alkanes) is 2. The van der Waals surface area contributed by atoms with Crippen LogP contribution in [0.2, 0.25) is 0 Å². The van der Waals surface area contributed by atoms with Crippen LogP contribution in [0, 0.1) is 0 Å². The van der Waals surface area contributed by atoms with Crippen molar-refractivity contribution in [1.29, 1.82) is 0 Å². The summed E-state index contributed by atoms with van der Waals surface area (Å²) in [6.07, 6.45) is 6.73. The first-order chi connectivity index (χ1) is 16.9. The molecule has 1 heterocycles. The highest BCUT2D eigenvalue weighted by molar-refractivity contribution is 5.91. The maximum Gasteiger partial charge on any atom is 0.339 e. The Kier molecular flexibility index (Phi) is 9.82. The van der Waals surface area contributed by atoms with Crippen LogP contribution in [0.15, 0.2) is 35.4 Å². The van der Waals surface area contributed by atoms with Crippen LogP contribution in [-0.4, -0.2) is 39.1 Å². The number of urea groups is 1. The van der Waals surface area contributed by atoms with Gasteiger partial charge in [-0.2, -0.15) is 5.10 Å². The molecule has 0 saturated heterocycles. The smallest absolute Gasteiger partial charge is 0.339 e. The number of likely N-dealkylation sites (N-methyl/N-ethyl adjacent to an activating group) is 1. The Morgan fingerprint density at radius 3 is 2.49 bits per heavy atom. The zero-order valence-corrected chi connectivity index (χ0v) is 21.8. The number of ether oxygens (including phenoxy) is 2. The zero-order valence-electron chi connectivity index (χ0n) is 21.8. The summed E-state index contributed by atoms with van der Waals surface area (Å²) in [7, 11) is 2.08. The van der Waals surface area contributed by atoms with E-state index in [2.05, 4.69) is 55.5 Å². The molecule has 1 aliphatic rings. The van der Waals surface area contributed by atoms with Gasteiger partial charge >= 0.3 is 6.03 Å². The number of hydrogen-bond donors (Lipinski definition) is 2. The van der Waals surface area contributed by atoms with E-state index in [0.717, 1.165) is 61.2 Å². The van der Waals surface area contributed by atoms with Gasteiger partial charge in [-0.3, -0.25) is 0 Å². The number of benzene rings is 2. The van der Waals surface area contributed by atoms with Crippen LogP contribution in [0.4, 0.5) is 16.2 Å². The number of carbonyl (C=O) groups is 1. The first kappa shape index (κ1) is 26.4. The van der Waals surface area contributed by atoms with Gasteiger partial charge in [-0.1, -0.05) is 40.5 Å². The quantitative estimate of drug-likeness (QED) is 0.212. The number of fused-ring (bicyclic) bond motifs is 1. The Morgan fingerprint density at radius 2 is 1.80 bits per heavy atom. The Balaban J connectivity index is 1.71. The number of hydrazone groups is 1. The van der Waals surface area contributed by atoms with Crippen molar-refractivity contribution in [1.82, 2.24) is 5.43 Å². The van der Waals surface area contributed by atoms with E-state index in [-0.39, 0.29) is 11.9 Å². The molecule has 0 atom stereocenters. The number of anilines is 2. The van der Waals surface area contributed by atoms with E-state index in [0.29, 0.717) is 19.0 Å². The summed E-state index contributed by atoms with van der Waals surface area (Å²) in [5, 5.41) is 7.06. The molecule has 7 heteroatoms. The van der Waals surface area contributed by atoms with Gasteiger partial charge in [0, 0.05) is 36.6 Å². The Labute approximate surface area is 209 Å². The van der Waals surface area contributed by atoms with E-state index in [1.54, 1.807) is 6.21 Å². The highest BCUT2D eigenvalue weighted by atomic mass is 16.5. The van der Waals surface area contributed by atoms with Crippen molar-refractivity contribution >= 4 is 23.6 Å². The number of amides is 2. The van der Waals surface area contributed by atoms with Crippen LogP contribution < -0.4 is 25.1 Å². The summed E-state index contributed by atoms with van der Waals surface area (Å²) >= 11 is 0. The summed E-state index contributed by atoms with van der Waals surface area (Å²) < 4.78 is 12.1. The molecule has 0 aromatic heterocycles. The largest absolute Gasteiger partial charge is 0.493 e. The van der Waals surface area contributed by atoms with Gasteiger partial charge in [-0.05, 0) is 60.6 Å². The van der Waals surface area contributed by atoms with Gasteiger partial charge in [0.25, 0.3) is 0 Å². The van der Waals surface area contributed by atoms with Crippen LogP contribution in [0.5, 0.6) is 11.5 Å². The van der Waals surface area contributed by atoms with Crippen molar-refractivity contribution in [3.8, 4) is 11.5 Å². The molecule has 7 nitrogen and oxygen atoms in total. The lowest BCUT2D eigenvalue weighted by Crippen LogP contribution is -2.24. The highest BCUT2D eigenvalue weighted by Gasteiger charge is 2.16. The maximum absolute atomic E-state index is 12.4. The van der Waals surface area contributed by atoms with E-state index < -0.39 is 0 Å². The van der Waals surface area contributed by atoms with Gasteiger partial charge in [-0.15, -0.1) is 0 Å². The normalized spacial score (nSPS) is 12.8. The zero-order chi connectivity index (χ0) is 25.2. The van der Waals surface area contributed by atoms with Crippen LogP contribution >= 0.6 is 0 Å². The average molecular weight is 481 g/mol. The van der Waals surface area contributed by atoms with Crippen molar-refractivity contribution in [2.75, 3.05) is 37.0 Å². The number of hydrogen-bond acceptors (Lipinski definition) is 5. The summed E-state index contributed by atoms with van der Waals surface area (Å²) in [6, 6.07) is 9.60. The van der Waals surface area contributed by atoms with Crippen LogP contribution in [0.1, 0.15) is 76.0 Å². The third kappa shape index (κ3) is 7.38. The van der Waals surface area contributed by atoms with Crippen molar-refractivity contribution in [3.63, 3.8) is 0 Å². The van der Waals surface area contributed by atoms with Crippen molar-refractivity contribution in [2.45, 2.75) is 65.7 Å². The molecule has 1 aliphatic heterocycles. The second kappa shape index (κ2) is 13.0. The fourth-order valence-electron chi connectivity index (χ4n) is 4.01. The number of carbonyl (C=O) groups excluding carboxylic acids is 1. The lowest BCUT2D eigenvalue weighted by molar-refractivity contribution is 0.252. The van der Waals surface area contributed by atoms with E-state index in [1.807, 2.05) is 30.3 Å². The second-order valence-electron chi connectivity index (χ2n) is 9.33. The second-order valence-corrected chi connectivity index (χ2v) is 9.33. The monoisotopic (exact) mass is 480 g/mol. The van der Waals surface area contributed by atoms with E-state index in [4.69, 9.17) is 9.47 Å². The predicted octanol–water partition coefficient (Wildman–Crippen LogP) is 6.32. The van der Waals surface area contributed by atoms with Crippen LogP contribution in [0.3, 0.4) is 0 Å². The molecule has 190 valence electrons. The lowest BCUT2D eigenvalue weighted by Gasteiger charge is -2.18. The van der Waals surface area contributed by atoms with Crippen LogP contribution in [0.25, 0.3) is 0 Å². The van der Waals surface area contributed by atoms with Crippen molar-refractivity contribution in [3.05, 3.63) is 47.0 Å². The first-order valence-electron chi connectivity index (χ1n) is 12.8. The molecule has 35 heavy (non-hydrogen) atoms. The number of nitrogens with one attached hydrogen (secondary N) is 2. The fraction of sp³-hybridized carbons (Fsp3) is 0.500. The van der Waals surface area contributed by atoms with Gasteiger partial charge in [0.1, 0.15) is 11.5 Å². The Morgan fingerprint density at radius 1 is 1.09 bits per heavy atom. The minimum atomic E-state index is -0.385. The molecular weight excluding hydrogens is 440 g/mol. The topological polar surface area (TPSA) is 75.2 Å². The summed E-state index contributed by atoms with van der Waals surface area (Å²) in [5.74, 6) is 1.84. The molecule has 2 aromatic carbocycles. The molecule has 0 saturated carbocycles. The average Bonchev–Trinajstić information content (AvgIpc) is 3.20. The Bertz CT molecular complexity index is 1020. The third-order valence-electron chi connectivity index (χ3n) is 6.11. The molecule has 0 bridgehead atoms. The molecule has 0 spiro atoms. The summed E-state index contributed by atoms with van der Waals surface area (Å²) in [6.45, 7) is 10.9. The standard InChI is InChI=1S/C28H40N4O3/c1-6-8-14-34-26-18-27(35-15-9-7-2)24(20(3)4)17-22(26)19-29-31-28(33)30-23-10-11-25-21(16-23)12-13-32(25)5/h10-11,16-20H,6-9,12-15H2,1-5H3,(H2,30,31,33)/b29-19+. The molecule has 0 fully saturated rings. The molecular formula is C28H40N4O3. The van der Waals surface area contributed by atoms with E-state index >= 15 is 0 Å². The van der Waals surface area contributed by atoms with E-state index in [1.165, 1.54) is 11.3 Å². The van der Waals surface area contributed by atoms with E-state index in [9.17, 15) is 4.79 Å². The molecule has 0 aliphatic carbocycles. The molecule has 2 aromatic rings. The summed E-state index contributed by atoms with van der Waals surface area (Å²) in [5.41, 5.74) is 7.70. The van der Waals surface area contributed by atoms with Crippen molar-refractivity contribution in [2.24, 2.45) is 5.10 Å². The molecule has 2 N–H and O–H groups in total. The number of nitrogens with zero attached hydrogens (tertiary/aromatic N) is 2. The maximum atomic E-state index is 12.4. The van der Waals surface area contributed by atoms with Gasteiger partial charge in [0.2, 0.25) is 0 Å². The lowest BCUT2D eigenvalue weighted by atomic mass is 9.99. The van der Waals surface area contributed by atoms with Gasteiger partial charge in [-0.25, -0.2) is 10.2 Å². The van der Waals surface area contributed by atoms with Gasteiger partial charge in [0.05, 0.1) is 19.4 Å².